The van der Waals surface area contributed by atoms with Gasteiger partial charge in [-0.1, -0.05) is 73.5 Å². The quantitative estimate of drug-likeness (QED) is 0.398. The lowest BCUT2D eigenvalue weighted by Crippen LogP contribution is -2.53. The smallest absolute Gasteiger partial charge is 0.291 e. The van der Waals surface area contributed by atoms with E-state index < -0.39 is 11.4 Å². The largest absolute Gasteiger partial charge is 0.450 e. The normalized spacial score (nSPS) is 18.4. The summed E-state index contributed by atoms with van der Waals surface area (Å²) >= 11 is 0. The van der Waals surface area contributed by atoms with Gasteiger partial charge in [-0.3, -0.25) is 14.4 Å². The van der Waals surface area contributed by atoms with Crippen LogP contribution in [0.1, 0.15) is 52.6 Å². The van der Waals surface area contributed by atoms with Crippen LogP contribution in [0.25, 0.3) is 11.0 Å². The molecule has 1 unspecified atom stereocenters. The number of para-hydroxylation sites is 2. The van der Waals surface area contributed by atoms with Crippen molar-refractivity contribution >= 4 is 28.5 Å². The molecule has 6 rings (SSSR count). The van der Waals surface area contributed by atoms with Crippen molar-refractivity contribution in [2.45, 2.75) is 38.8 Å². The van der Waals surface area contributed by atoms with Crippen LogP contribution >= 0.6 is 0 Å². The van der Waals surface area contributed by atoms with Crippen LogP contribution in [0.4, 0.5) is 5.69 Å². The molecule has 3 heterocycles. The van der Waals surface area contributed by atoms with Crippen molar-refractivity contribution in [3.05, 3.63) is 111 Å². The van der Waals surface area contributed by atoms with E-state index in [2.05, 4.69) is 0 Å². The Labute approximate surface area is 208 Å². The van der Waals surface area contributed by atoms with Crippen molar-refractivity contribution in [3.8, 4) is 0 Å². The first-order valence-corrected chi connectivity index (χ1v) is 12.3. The number of rotatable bonds is 5. The minimum atomic E-state index is -1.55. The monoisotopic (exact) mass is 478 g/mol. The minimum absolute atomic E-state index is 0.0321. The fraction of sp³-hybridized carbons (Fsp3) is 0.233. The fourth-order valence-corrected chi connectivity index (χ4v) is 5.70. The third kappa shape index (κ3) is 2.94. The van der Waals surface area contributed by atoms with Gasteiger partial charge in [0.25, 0.3) is 11.8 Å². The van der Waals surface area contributed by atoms with Crippen LogP contribution in [-0.4, -0.2) is 23.3 Å². The van der Waals surface area contributed by atoms with Gasteiger partial charge in [0, 0.05) is 12.1 Å². The molecule has 2 amide bonds. The summed E-state index contributed by atoms with van der Waals surface area (Å²) in [4.78, 5) is 45.7. The highest BCUT2D eigenvalue weighted by Gasteiger charge is 2.64. The lowest BCUT2D eigenvalue weighted by molar-refractivity contribution is -0.126. The predicted molar refractivity (Wildman–Crippen MR) is 138 cm³/mol. The number of hydrogen-bond donors (Lipinski definition) is 0. The summed E-state index contributed by atoms with van der Waals surface area (Å²) in [5.74, 6) is -0.742. The molecule has 0 N–H and O–H groups in total. The fourth-order valence-electron chi connectivity index (χ4n) is 5.70. The number of carbonyl (C=O) groups is 2. The van der Waals surface area contributed by atoms with E-state index in [0.29, 0.717) is 41.7 Å². The molecule has 180 valence electrons. The van der Waals surface area contributed by atoms with E-state index in [1.807, 2.05) is 62.4 Å². The van der Waals surface area contributed by atoms with Gasteiger partial charge in [-0.05, 0) is 37.1 Å². The van der Waals surface area contributed by atoms with Gasteiger partial charge < -0.3 is 14.2 Å². The standard InChI is InChI=1S/C30H26N2O4/c1-3-4-16-32-28(34)27-25(26(33)21-12-5-8-15-24(21)36-27)30(32)22-13-6-7-14-23(22)31(29(30)35)18-20-11-9-10-19(2)17-20/h5-15,17H,3-4,16,18H2,1-2H3. The molecule has 2 aliphatic rings. The van der Waals surface area contributed by atoms with Crippen LogP contribution in [0.3, 0.4) is 0 Å². The molecular formula is C30H26N2O4. The maximum atomic E-state index is 14.6. The number of fused-ring (bicyclic) bond motifs is 5. The molecule has 0 saturated carbocycles. The molecule has 6 nitrogen and oxygen atoms in total. The molecule has 6 heteroatoms. The summed E-state index contributed by atoms with van der Waals surface area (Å²) in [7, 11) is 0. The SMILES string of the molecule is CCCCN1C(=O)c2oc3ccccc3c(=O)c2C12C(=O)N(Cc1cccc(C)c1)c1ccccc12. The molecule has 0 saturated heterocycles. The van der Waals surface area contributed by atoms with Gasteiger partial charge >= 0.3 is 0 Å². The van der Waals surface area contributed by atoms with Crippen molar-refractivity contribution in [3.63, 3.8) is 0 Å². The average molecular weight is 479 g/mol. The molecule has 0 radical (unpaired) electrons. The number of anilines is 1. The Morgan fingerprint density at radius 2 is 1.69 bits per heavy atom. The Bertz CT molecular complexity index is 1600. The van der Waals surface area contributed by atoms with E-state index in [0.717, 1.165) is 17.5 Å². The molecule has 3 aromatic carbocycles. The Morgan fingerprint density at radius 3 is 2.50 bits per heavy atom. The van der Waals surface area contributed by atoms with E-state index in [1.54, 1.807) is 34.1 Å². The van der Waals surface area contributed by atoms with Gasteiger partial charge in [-0.2, -0.15) is 0 Å². The molecule has 1 atom stereocenters. The molecule has 0 aliphatic carbocycles. The first-order valence-electron chi connectivity index (χ1n) is 12.3. The van der Waals surface area contributed by atoms with Crippen molar-refractivity contribution in [2.75, 3.05) is 11.4 Å². The molecule has 0 fully saturated rings. The van der Waals surface area contributed by atoms with Gasteiger partial charge in [0.1, 0.15) is 5.58 Å². The van der Waals surface area contributed by atoms with Crippen LogP contribution in [0, 0.1) is 6.92 Å². The summed E-state index contributed by atoms with van der Waals surface area (Å²) in [5, 5.41) is 0.364. The van der Waals surface area contributed by atoms with E-state index in [4.69, 9.17) is 4.42 Å². The van der Waals surface area contributed by atoms with Crippen molar-refractivity contribution < 1.29 is 14.0 Å². The maximum absolute atomic E-state index is 14.6. The van der Waals surface area contributed by atoms with Crippen molar-refractivity contribution in [1.29, 1.82) is 0 Å². The zero-order chi connectivity index (χ0) is 25.0. The molecule has 1 spiro atoms. The van der Waals surface area contributed by atoms with Gasteiger partial charge in [-0.25, -0.2) is 0 Å². The second kappa shape index (κ2) is 8.19. The van der Waals surface area contributed by atoms with Crippen LogP contribution in [0.15, 0.2) is 82.0 Å². The first kappa shape index (κ1) is 22.3. The molecule has 36 heavy (non-hydrogen) atoms. The second-order valence-corrected chi connectivity index (χ2v) is 9.55. The lowest BCUT2D eigenvalue weighted by Gasteiger charge is -2.34. The van der Waals surface area contributed by atoms with Crippen LogP contribution in [0.5, 0.6) is 0 Å². The number of amides is 2. The highest BCUT2D eigenvalue weighted by molar-refractivity contribution is 6.17. The summed E-state index contributed by atoms with van der Waals surface area (Å²) in [5.41, 5.74) is 2.02. The molecule has 0 bridgehead atoms. The third-order valence-corrected chi connectivity index (χ3v) is 7.30. The summed E-state index contributed by atoms with van der Waals surface area (Å²) in [6.07, 6.45) is 1.53. The molecule has 2 aliphatic heterocycles. The number of hydrogen-bond acceptors (Lipinski definition) is 4. The number of carbonyl (C=O) groups excluding carboxylic acids is 2. The molecular weight excluding hydrogens is 452 g/mol. The Balaban J connectivity index is 1.64. The molecule has 1 aromatic heterocycles. The molecule has 4 aromatic rings. The second-order valence-electron chi connectivity index (χ2n) is 9.55. The number of nitrogens with zero attached hydrogens (tertiary/aromatic N) is 2. The Morgan fingerprint density at radius 1 is 0.917 bits per heavy atom. The highest BCUT2D eigenvalue weighted by atomic mass is 16.3. The third-order valence-electron chi connectivity index (χ3n) is 7.30. The van der Waals surface area contributed by atoms with Crippen LogP contribution in [-0.2, 0) is 16.9 Å². The van der Waals surface area contributed by atoms with Gasteiger partial charge in [0.15, 0.2) is 11.0 Å². The topological polar surface area (TPSA) is 70.8 Å². The van der Waals surface area contributed by atoms with Gasteiger partial charge in [-0.15, -0.1) is 0 Å². The van der Waals surface area contributed by atoms with Crippen LogP contribution < -0.4 is 10.3 Å². The Kier molecular flexibility index (Phi) is 5.07. The number of benzene rings is 3. The first-order chi connectivity index (χ1) is 17.5. The summed E-state index contributed by atoms with van der Waals surface area (Å²) < 4.78 is 6.06. The van der Waals surface area contributed by atoms with E-state index in [1.165, 1.54) is 0 Å². The van der Waals surface area contributed by atoms with Gasteiger partial charge in [0.05, 0.1) is 23.2 Å². The van der Waals surface area contributed by atoms with Crippen molar-refractivity contribution in [2.24, 2.45) is 0 Å². The predicted octanol–water partition coefficient (Wildman–Crippen LogP) is 5.15. The summed E-state index contributed by atoms with van der Waals surface area (Å²) in [6, 6.07) is 22.4. The minimum Gasteiger partial charge on any atom is -0.450 e. The van der Waals surface area contributed by atoms with Crippen LogP contribution in [0.2, 0.25) is 0 Å². The highest BCUT2D eigenvalue weighted by Crippen LogP contribution is 2.52. The number of aryl methyl sites for hydroxylation is 1. The van der Waals surface area contributed by atoms with Crippen molar-refractivity contribution in [1.82, 2.24) is 4.90 Å². The van der Waals surface area contributed by atoms with E-state index >= 15 is 0 Å². The zero-order valence-electron chi connectivity index (χ0n) is 20.3. The summed E-state index contributed by atoms with van der Waals surface area (Å²) in [6.45, 7) is 4.73. The average Bonchev–Trinajstić information content (AvgIpc) is 3.27. The van der Waals surface area contributed by atoms with E-state index in [-0.39, 0.29) is 22.7 Å². The van der Waals surface area contributed by atoms with E-state index in [9.17, 15) is 14.4 Å². The van der Waals surface area contributed by atoms with Gasteiger partial charge in [0.2, 0.25) is 5.76 Å². The number of unbranched alkanes of at least 4 members (excludes halogenated alkanes) is 1. The lowest BCUT2D eigenvalue weighted by atomic mass is 9.84. The Hall–Kier alpha value is -4.19. The zero-order valence-corrected chi connectivity index (χ0v) is 20.3. The maximum Gasteiger partial charge on any atom is 0.291 e.